The van der Waals surface area contributed by atoms with Crippen LogP contribution in [0.2, 0.25) is 0 Å². The van der Waals surface area contributed by atoms with Gasteiger partial charge in [-0.05, 0) is 36.2 Å². The van der Waals surface area contributed by atoms with Crippen LogP contribution < -0.4 is 10.1 Å². The number of hydrogen-bond acceptors (Lipinski definition) is 5. The van der Waals surface area contributed by atoms with Crippen molar-refractivity contribution in [3.05, 3.63) is 71.8 Å². The lowest BCUT2D eigenvalue weighted by Gasteiger charge is -2.13. The van der Waals surface area contributed by atoms with Gasteiger partial charge in [0.25, 0.3) is 0 Å². The molecule has 0 spiro atoms. The molecule has 1 aliphatic heterocycles. The highest BCUT2D eigenvalue weighted by Crippen LogP contribution is 2.31. The lowest BCUT2D eigenvalue weighted by Crippen LogP contribution is -2.09. The second-order valence-electron chi connectivity index (χ2n) is 6.79. The Balaban J connectivity index is 1.51. The highest BCUT2D eigenvalue weighted by Gasteiger charge is 2.20. The molecule has 5 rings (SSSR count). The van der Waals surface area contributed by atoms with E-state index in [1.165, 1.54) is 6.07 Å². The molecule has 1 aliphatic rings. The molecular formula is C21H18FN5O. The summed E-state index contributed by atoms with van der Waals surface area (Å²) in [6, 6.07) is 5.12. The summed E-state index contributed by atoms with van der Waals surface area (Å²) in [6.45, 7) is 2.93. The maximum atomic E-state index is 14.4. The second kappa shape index (κ2) is 6.60. The fourth-order valence-electron chi connectivity index (χ4n) is 3.70. The Labute approximate surface area is 161 Å². The van der Waals surface area contributed by atoms with E-state index < -0.39 is 0 Å². The van der Waals surface area contributed by atoms with E-state index >= 15 is 0 Å². The first-order chi connectivity index (χ1) is 13.7. The number of benzene rings is 1. The van der Waals surface area contributed by atoms with Crippen molar-refractivity contribution in [1.82, 2.24) is 19.4 Å². The fourth-order valence-corrected chi connectivity index (χ4v) is 3.70. The van der Waals surface area contributed by atoms with Gasteiger partial charge >= 0.3 is 0 Å². The van der Waals surface area contributed by atoms with Crippen LogP contribution in [0.15, 0.2) is 49.3 Å². The molecule has 1 N–H and O–H groups in total. The third-order valence-electron chi connectivity index (χ3n) is 5.13. The van der Waals surface area contributed by atoms with Crippen molar-refractivity contribution < 1.29 is 9.13 Å². The minimum absolute atomic E-state index is 0.234. The van der Waals surface area contributed by atoms with Gasteiger partial charge < -0.3 is 10.1 Å². The second-order valence-corrected chi connectivity index (χ2v) is 6.79. The van der Waals surface area contributed by atoms with Crippen molar-refractivity contribution in [2.75, 3.05) is 11.9 Å². The van der Waals surface area contributed by atoms with Gasteiger partial charge in [0.2, 0.25) is 5.95 Å². The van der Waals surface area contributed by atoms with E-state index in [1.54, 1.807) is 24.8 Å². The van der Waals surface area contributed by atoms with Crippen LogP contribution in [-0.4, -0.2) is 26.0 Å². The molecule has 7 heteroatoms. The summed E-state index contributed by atoms with van der Waals surface area (Å²) >= 11 is 0. The number of imidazole rings is 1. The van der Waals surface area contributed by atoms with E-state index in [1.807, 2.05) is 29.8 Å². The van der Waals surface area contributed by atoms with E-state index in [2.05, 4.69) is 20.3 Å². The number of hydrogen-bond donors (Lipinski definition) is 1. The quantitative estimate of drug-likeness (QED) is 0.588. The maximum Gasteiger partial charge on any atom is 0.208 e. The number of rotatable bonds is 4. The molecule has 0 unspecified atom stereocenters. The predicted octanol–water partition coefficient (Wildman–Crippen LogP) is 3.79. The number of pyridine rings is 1. The number of aromatic nitrogens is 4. The van der Waals surface area contributed by atoms with Gasteiger partial charge in [0.05, 0.1) is 18.3 Å². The minimum Gasteiger partial charge on any atom is -0.493 e. The summed E-state index contributed by atoms with van der Waals surface area (Å²) in [5.41, 5.74) is 5.58. The van der Waals surface area contributed by atoms with Crippen LogP contribution in [0, 0.1) is 12.7 Å². The molecule has 4 aromatic rings. The monoisotopic (exact) mass is 375 g/mol. The van der Waals surface area contributed by atoms with Crippen molar-refractivity contribution in [2.24, 2.45) is 0 Å². The number of aryl methyl sites for hydroxylation is 1. The van der Waals surface area contributed by atoms with E-state index in [0.717, 1.165) is 39.9 Å². The van der Waals surface area contributed by atoms with E-state index in [4.69, 9.17) is 4.74 Å². The van der Waals surface area contributed by atoms with Crippen LogP contribution in [0.25, 0.3) is 16.6 Å². The predicted molar refractivity (Wildman–Crippen MR) is 104 cm³/mol. The number of anilines is 1. The average molecular weight is 375 g/mol. The first kappa shape index (κ1) is 16.7. The molecule has 0 bridgehead atoms. The summed E-state index contributed by atoms with van der Waals surface area (Å²) in [5, 5.41) is 3.26. The first-order valence-corrected chi connectivity index (χ1v) is 9.11. The average Bonchev–Trinajstić information content (AvgIpc) is 3.37. The van der Waals surface area contributed by atoms with Crippen LogP contribution in [0.1, 0.15) is 16.7 Å². The Kier molecular flexibility index (Phi) is 3.93. The lowest BCUT2D eigenvalue weighted by molar-refractivity contribution is 0.356. The van der Waals surface area contributed by atoms with Crippen LogP contribution in [-0.2, 0) is 13.0 Å². The number of halogens is 1. The van der Waals surface area contributed by atoms with Crippen molar-refractivity contribution in [2.45, 2.75) is 19.9 Å². The molecule has 0 radical (unpaired) electrons. The van der Waals surface area contributed by atoms with Crippen LogP contribution in [0.5, 0.6) is 5.75 Å². The standard InChI is InChI=1S/C21H18FN5O/c1-13-8-23-6-4-14(13)17-10-26-21(27-12-24-11-19(17)27)25-9-16-15-5-7-28-20(15)3-2-18(16)22/h2-4,6,8,10-12H,5,7,9H2,1H3,(H,25,26). The van der Waals surface area contributed by atoms with Gasteiger partial charge in [-0.15, -0.1) is 0 Å². The smallest absolute Gasteiger partial charge is 0.208 e. The van der Waals surface area contributed by atoms with Gasteiger partial charge in [-0.25, -0.2) is 14.4 Å². The Bertz CT molecular complexity index is 1190. The normalized spacial score (nSPS) is 12.8. The van der Waals surface area contributed by atoms with E-state index in [0.29, 0.717) is 24.7 Å². The Morgan fingerprint density at radius 3 is 2.96 bits per heavy atom. The zero-order valence-electron chi connectivity index (χ0n) is 15.3. The van der Waals surface area contributed by atoms with Crippen LogP contribution >= 0.6 is 0 Å². The lowest BCUT2D eigenvalue weighted by atomic mass is 10.0. The topological polar surface area (TPSA) is 64.3 Å². The molecule has 0 amide bonds. The summed E-state index contributed by atoms with van der Waals surface area (Å²) in [5.74, 6) is 1.14. The Morgan fingerprint density at radius 1 is 1.14 bits per heavy atom. The summed E-state index contributed by atoms with van der Waals surface area (Å²) < 4.78 is 21.8. The van der Waals surface area contributed by atoms with Gasteiger partial charge in [-0.1, -0.05) is 0 Å². The van der Waals surface area contributed by atoms with E-state index in [9.17, 15) is 4.39 Å². The number of nitrogens with zero attached hydrogens (tertiary/aromatic N) is 4. The van der Waals surface area contributed by atoms with Crippen LogP contribution in [0.3, 0.4) is 0 Å². The highest BCUT2D eigenvalue weighted by molar-refractivity contribution is 5.81. The van der Waals surface area contributed by atoms with Crippen molar-refractivity contribution >= 4 is 11.5 Å². The molecule has 4 heterocycles. The summed E-state index contributed by atoms with van der Waals surface area (Å²) in [6.07, 6.45) is 9.64. The number of fused-ring (bicyclic) bond motifs is 2. The number of ether oxygens (including phenoxy) is 1. The van der Waals surface area contributed by atoms with Crippen molar-refractivity contribution in [1.29, 1.82) is 0 Å². The van der Waals surface area contributed by atoms with Crippen molar-refractivity contribution in [3.8, 4) is 16.9 Å². The summed E-state index contributed by atoms with van der Waals surface area (Å²) in [7, 11) is 0. The fraction of sp³-hybridized carbons (Fsp3) is 0.190. The van der Waals surface area contributed by atoms with Crippen LogP contribution in [0.4, 0.5) is 10.3 Å². The highest BCUT2D eigenvalue weighted by atomic mass is 19.1. The van der Waals surface area contributed by atoms with Gasteiger partial charge in [-0.2, -0.15) is 0 Å². The zero-order valence-corrected chi connectivity index (χ0v) is 15.3. The molecule has 0 aliphatic carbocycles. The SMILES string of the molecule is Cc1cnccc1-c1cnc(NCc2c(F)ccc3c2CCO3)n2cncc12. The number of nitrogens with one attached hydrogen (secondary N) is 1. The molecule has 0 fully saturated rings. The zero-order chi connectivity index (χ0) is 19.1. The molecule has 0 saturated heterocycles. The van der Waals surface area contributed by atoms with Gasteiger partial charge in [-0.3, -0.25) is 9.38 Å². The Hall–Kier alpha value is -3.48. The third kappa shape index (κ3) is 2.67. The molecular weight excluding hydrogens is 357 g/mol. The maximum absolute atomic E-state index is 14.4. The molecule has 0 saturated carbocycles. The molecule has 1 aromatic carbocycles. The third-order valence-corrected chi connectivity index (χ3v) is 5.13. The first-order valence-electron chi connectivity index (χ1n) is 9.11. The Morgan fingerprint density at radius 2 is 2.07 bits per heavy atom. The van der Waals surface area contributed by atoms with Crippen molar-refractivity contribution in [3.63, 3.8) is 0 Å². The largest absolute Gasteiger partial charge is 0.493 e. The minimum atomic E-state index is -0.234. The molecule has 28 heavy (non-hydrogen) atoms. The van der Waals surface area contributed by atoms with Gasteiger partial charge in [0.15, 0.2) is 0 Å². The van der Waals surface area contributed by atoms with E-state index in [-0.39, 0.29) is 5.82 Å². The van der Waals surface area contributed by atoms with Gasteiger partial charge in [0.1, 0.15) is 17.9 Å². The molecule has 0 atom stereocenters. The molecule has 6 nitrogen and oxygen atoms in total. The molecule has 3 aromatic heterocycles. The molecule has 140 valence electrons. The summed E-state index contributed by atoms with van der Waals surface area (Å²) in [4.78, 5) is 13.0. The van der Waals surface area contributed by atoms with Gasteiger partial charge in [0, 0.05) is 48.2 Å².